The lowest BCUT2D eigenvalue weighted by atomic mass is 10.1. The van der Waals surface area contributed by atoms with Crippen molar-refractivity contribution in [2.75, 3.05) is 0 Å². The van der Waals surface area contributed by atoms with Gasteiger partial charge in [0.2, 0.25) is 8.07 Å². The van der Waals surface area contributed by atoms with Gasteiger partial charge in [-0.15, -0.1) is 0 Å². The van der Waals surface area contributed by atoms with E-state index in [1.807, 2.05) is 13.1 Å². The molecule has 3 heteroatoms. The molecule has 21 heavy (non-hydrogen) atoms. The number of carbonyl (C=O) groups excluding carboxylic acids is 2. The minimum atomic E-state index is -2.32. The van der Waals surface area contributed by atoms with Crippen molar-refractivity contribution in [3.05, 3.63) is 0 Å². The Kier molecular flexibility index (Phi) is 11.9. The maximum Gasteiger partial charge on any atom is 0.202 e. The van der Waals surface area contributed by atoms with E-state index in [9.17, 15) is 9.59 Å². The Hall–Kier alpha value is -0.443. The fourth-order valence-corrected chi connectivity index (χ4v) is 4.47. The summed E-state index contributed by atoms with van der Waals surface area (Å²) in [6, 6.07) is 0. The van der Waals surface area contributed by atoms with Crippen LogP contribution in [0.5, 0.6) is 0 Å². The van der Waals surface area contributed by atoms with E-state index in [4.69, 9.17) is 0 Å². The van der Waals surface area contributed by atoms with Crippen LogP contribution in [0, 0.1) is 0 Å². The van der Waals surface area contributed by atoms with Crippen LogP contribution in [0.3, 0.4) is 0 Å². The molecule has 0 saturated heterocycles. The van der Waals surface area contributed by atoms with Gasteiger partial charge in [-0.05, 0) is 12.8 Å². The van der Waals surface area contributed by atoms with Gasteiger partial charge < -0.3 is 9.59 Å². The average molecular weight is 313 g/mol. The van der Waals surface area contributed by atoms with Gasteiger partial charge in [-0.2, -0.15) is 0 Å². The number of carbonyl (C=O) groups is 2. The molecule has 0 amide bonds. The van der Waals surface area contributed by atoms with Crippen molar-refractivity contribution >= 4 is 18.9 Å². The summed E-state index contributed by atoms with van der Waals surface area (Å²) in [5, 5.41) is 0.551. The third-order valence-electron chi connectivity index (χ3n) is 4.41. The highest BCUT2D eigenvalue weighted by Crippen LogP contribution is 2.16. The molecule has 0 aliphatic rings. The van der Waals surface area contributed by atoms with Crippen molar-refractivity contribution < 1.29 is 9.59 Å². The van der Waals surface area contributed by atoms with Gasteiger partial charge in [-0.25, -0.2) is 0 Å². The summed E-state index contributed by atoms with van der Waals surface area (Å²) in [6.07, 6.45) is 12.9. The standard InChI is InChI=1S/C18H36O2Si/c1-5-7-9-11-13-15-17(19)21(3,4)18(20)16-14-12-10-8-6-2/h5-16H2,1-4H3. The predicted molar refractivity (Wildman–Crippen MR) is 94.2 cm³/mol. The lowest BCUT2D eigenvalue weighted by molar-refractivity contribution is -0.116. The molecular formula is C18H36O2Si. The SMILES string of the molecule is CCCCCCCC(=O)[Si](C)(C)C(=O)CCCCCCC. The molecule has 0 rings (SSSR count). The zero-order valence-electron chi connectivity index (χ0n) is 14.8. The van der Waals surface area contributed by atoms with Gasteiger partial charge in [0, 0.05) is 12.8 Å². The van der Waals surface area contributed by atoms with Gasteiger partial charge in [-0.1, -0.05) is 78.3 Å². The Labute approximate surface area is 133 Å². The molecule has 0 aliphatic carbocycles. The summed E-state index contributed by atoms with van der Waals surface area (Å²) >= 11 is 0. The lowest BCUT2D eigenvalue weighted by Crippen LogP contribution is -2.46. The molecule has 0 heterocycles. The topological polar surface area (TPSA) is 34.1 Å². The van der Waals surface area contributed by atoms with Crippen LogP contribution >= 0.6 is 0 Å². The fraction of sp³-hybridized carbons (Fsp3) is 0.889. The molecule has 0 atom stereocenters. The second kappa shape index (κ2) is 12.1. The minimum absolute atomic E-state index is 0.276. The van der Waals surface area contributed by atoms with E-state index in [2.05, 4.69) is 13.8 Å². The van der Waals surface area contributed by atoms with Crippen LogP contribution in [0.4, 0.5) is 0 Å². The second-order valence-corrected chi connectivity index (χ2v) is 11.2. The molecule has 0 unspecified atom stereocenters. The zero-order valence-corrected chi connectivity index (χ0v) is 15.8. The van der Waals surface area contributed by atoms with Gasteiger partial charge in [0.05, 0.1) is 0 Å². The highest BCUT2D eigenvalue weighted by atomic mass is 28.3. The maximum absolute atomic E-state index is 12.3. The van der Waals surface area contributed by atoms with Crippen LogP contribution in [0.15, 0.2) is 0 Å². The Bertz CT molecular complexity index is 270. The van der Waals surface area contributed by atoms with Gasteiger partial charge in [-0.3, -0.25) is 0 Å². The molecule has 0 N–H and O–H groups in total. The van der Waals surface area contributed by atoms with E-state index in [0.29, 0.717) is 12.8 Å². The molecule has 124 valence electrons. The quantitative estimate of drug-likeness (QED) is 0.307. The number of rotatable bonds is 14. The van der Waals surface area contributed by atoms with Crippen LogP contribution in [0.25, 0.3) is 0 Å². The summed E-state index contributed by atoms with van der Waals surface area (Å²) in [7, 11) is -2.32. The smallest absolute Gasteiger partial charge is 0.202 e. The molecule has 0 spiro atoms. The minimum Gasteiger partial charge on any atom is -0.305 e. The van der Waals surface area contributed by atoms with Gasteiger partial charge in [0.15, 0.2) is 0 Å². The van der Waals surface area contributed by atoms with Crippen molar-refractivity contribution in [2.45, 2.75) is 104 Å². The van der Waals surface area contributed by atoms with E-state index in [-0.39, 0.29) is 10.8 Å². The van der Waals surface area contributed by atoms with E-state index in [1.54, 1.807) is 0 Å². The third kappa shape index (κ3) is 9.23. The zero-order chi connectivity index (χ0) is 16.1. The van der Waals surface area contributed by atoms with Gasteiger partial charge >= 0.3 is 0 Å². The molecule has 0 aromatic carbocycles. The van der Waals surface area contributed by atoms with E-state index in [1.165, 1.54) is 38.5 Å². The molecule has 0 saturated carbocycles. The largest absolute Gasteiger partial charge is 0.305 e. The predicted octanol–water partition coefficient (Wildman–Crippen LogP) is 5.63. The first-order chi connectivity index (χ1) is 9.96. The Morgan fingerprint density at radius 1 is 0.619 bits per heavy atom. The first-order valence-corrected chi connectivity index (χ1v) is 12.0. The first kappa shape index (κ1) is 20.6. The van der Waals surface area contributed by atoms with Crippen LogP contribution < -0.4 is 0 Å². The number of hydrogen-bond donors (Lipinski definition) is 0. The van der Waals surface area contributed by atoms with Crippen molar-refractivity contribution in [1.82, 2.24) is 0 Å². The molecule has 2 nitrogen and oxygen atoms in total. The van der Waals surface area contributed by atoms with Crippen LogP contribution in [0.2, 0.25) is 13.1 Å². The molecular weight excluding hydrogens is 276 g/mol. The Morgan fingerprint density at radius 3 is 1.29 bits per heavy atom. The van der Waals surface area contributed by atoms with E-state index in [0.717, 1.165) is 25.7 Å². The fourth-order valence-electron chi connectivity index (χ4n) is 2.56. The lowest BCUT2D eigenvalue weighted by Gasteiger charge is -2.19. The second-order valence-electron chi connectivity index (χ2n) is 6.80. The number of hydrogen-bond acceptors (Lipinski definition) is 2. The van der Waals surface area contributed by atoms with Crippen molar-refractivity contribution in [3.8, 4) is 0 Å². The summed E-state index contributed by atoms with van der Waals surface area (Å²) in [5.74, 6) is 0. The average Bonchev–Trinajstić information content (AvgIpc) is 2.46. The molecule has 0 aromatic heterocycles. The molecule has 0 aliphatic heterocycles. The van der Waals surface area contributed by atoms with E-state index >= 15 is 0 Å². The highest BCUT2D eigenvalue weighted by Gasteiger charge is 2.37. The van der Waals surface area contributed by atoms with Gasteiger partial charge in [0.1, 0.15) is 10.8 Å². The van der Waals surface area contributed by atoms with Crippen LogP contribution in [-0.4, -0.2) is 18.9 Å². The molecule has 0 fully saturated rings. The third-order valence-corrected chi connectivity index (χ3v) is 7.70. The van der Waals surface area contributed by atoms with Crippen LogP contribution in [0.1, 0.15) is 90.9 Å². The maximum atomic E-state index is 12.3. The Balaban J connectivity index is 3.95. The summed E-state index contributed by atoms with van der Waals surface area (Å²) < 4.78 is 0. The normalized spacial score (nSPS) is 11.6. The number of unbranched alkanes of at least 4 members (excludes halogenated alkanes) is 8. The summed E-state index contributed by atoms with van der Waals surface area (Å²) in [6.45, 7) is 8.30. The van der Waals surface area contributed by atoms with Crippen molar-refractivity contribution in [2.24, 2.45) is 0 Å². The van der Waals surface area contributed by atoms with Crippen molar-refractivity contribution in [3.63, 3.8) is 0 Å². The molecule has 0 bridgehead atoms. The van der Waals surface area contributed by atoms with Gasteiger partial charge in [0.25, 0.3) is 0 Å². The van der Waals surface area contributed by atoms with E-state index < -0.39 is 8.07 Å². The summed E-state index contributed by atoms with van der Waals surface area (Å²) in [5.41, 5.74) is 0. The monoisotopic (exact) mass is 312 g/mol. The summed E-state index contributed by atoms with van der Waals surface area (Å²) in [4.78, 5) is 24.6. The highest BCUT2D eigenvalue weighted by molar-refractivity contribution is 7.23. The van der Waals surface area contributed by atoms with Crippen molar-refractivity contribution in [1.29, 1.82) is 0 Å². The molecule has 0 aromatic rings. The molecule has 0 radical (unpaired) electrons. The first-order valence-electron chi connectivity index (χ1n) is 9.03. The van der Waals surface area contributed by atoms with Crippen LogP contribution in [-0.2, 0) is 9.59 Å². The Morgan fingerprint density at radius 2 is 0.952 bits per heavy atom.